The first-order chi connectivity index (χ1) is 13.7. The monoisotopic (exact) mass is 380 g/mol. The largest absolute Gasteiger partial charge is 0.356 e. The Bertz CT molecular complexity index is 726. The molecule has 0 aromatic heterocycles. The van der Waals surface area contributed by atoms with Gasteiger partial charge in [0.15, 0.2) is 5.96 Å². The molecule has 1 amide bonds. The van der Waals surface area contributed by atoms with Gasteiger partial charge in [-0.25, -0.2) is 0 Å². The molecular formula is C23H32N4O. The van der Waals surface area contributed by atoms with E-state index < -0.39 is 0 Å². The highest BCUT2D eigenvalue weighted by molar-refractivity contribution is 5.94. The van der Waals surface area contributed by atoms with Crippen LogP contribution in [0.25, 0.3) is 0 Å². The van der Waals surface area contributed by atoms with Gasteiger partial charge in [0.25, 0.3) is 5.91 Å². The van der Waals surface area contributed by atoms with E-state index in [0.717, 1.165) is 50.3 Å². The molecule has 2 aromatic carbocycles. The maximum Gasteiger partial charge on any atom is 0.251 e. The molecule has 0 heterocycles. The summed E-state index contributed by atoms with van der Waals surface area (Å²) in [5.41, 5.74) is 3.16. The zero-order valence-electron chi connectivity index (χ0n) is 17.0. The lowest BCUT2D eigenvalue weighted by molar-refractivity contribution is 0.0953. The summed E-state index contributed by atoms with van der Waals surface area (Å²) in [5.74, 6) is 0.776. The van der Waals surface area contributed by atoms with Gasteiger partial charge in [0, 0.05) is 32.2 Å². The van der Waals surface area contributed by atoms with E-state index in [1.54, 1.807) is 7.05 Å². The minimum atomic E-state index is -0.0103. The van der Waals surface area contributed by atoms with Crippen molar-refractivity contribution in [1.82, 2.24) is 16.0 Å². The third-order valence-electron chi connectivity index (χ3n) is 4.49. The van der Waals surface area contributed by atoms with Crippen molar-refractivity contribution < 1.29 is 4.79 Å². The molecule has 0 spiro atoms. The van der Waals surface area contributed by atoms with Crippen LogP contribution >= 0.6 is 0 Å². The Kier molecular flexibility index (Phi) is 9.62. The number of carbonyl (C=O) groups is 1. The second kappa shape index (κ2) is 12.5. The third-order valence-corrected chi connectivity index (χ3v) is 4.49. The average molecular weight is 381 g/mol. The van der Waals surface area contributed by atoms with Crippen LogP contribution < -0.4 is 16.0 Å². The van der Waals surface area contributed by atoms with Crippen LogP contribution in [0.2, 0.25) is 0 Å². The van der Waals surface area contributed by atoms with Crippen LogP contribution in [0.1, 0.15) is 47.7 Å². The number of nitrogens with one attached hydrogen (secondary N) is 3. The lowest BCUT2D eigenvalue weighted by Gasteiger charge is -2.12. The van der Waals surface area contributed by atoms with Gasteiger partial charge in [0.05, 0.1) is 0 Å². The molecular weight excluding hydrogens is 348 g/mol. The second-order valence-corrected chi connectivity index (χ2v) is 6.75. The maximum atomic E-state index is 12.0. The van der Waals surface area contributed by atoms with E-state index in [4.69, 9.17) is 0 Å². The van der Waals surface area contributed by atoms with E-state index in [9.17, 15) is 4.79 Å². The van der Waals surface area contributed by atoms with Gasteiger partial charge in [-0.05, 0) is 42.5 Å². The number of rotatable bonds is 10. The molecule has 0 radical (unpaired) electrons. The van der Waals surface area contributed by atoms with Gasteiger partial charge in [-0.15, -0.1) is 0 Å². The topological polar surface area (TPSA) is 65.5 Å². The summed E-state index contributed by atoms with van der Waals surface area (Å²) in [6.45, 7) is 4.37. The molecule has 0 aliphatic carbocycles. The molecule has 0 aliphatic heterocycles. The van der Waals surface area contributed by atoms with Crippen molar-refractivity contribution in [3.8, 4) is 0 Å². The Balaban J connectivity index is 1.70. The number of hydrogen-bond donors (Lipinski definition) is 3. The molecule has 0 aliphatic rings. The molecule has 150 valence electrons. The van der Waals surface area contributed by atoms with E-state index in [2.05, 4.69) is 52.1 Å². The third kappa shape index (κ3) is 7.82. The Morgan fingerprint density at radius 3 is 2.25 bits per heavy atom. The summed E-state index contributed by atoms with van der Waals surface area (Å²) in [4.78, 5) is 16.3. The first-order valence-electron chi connectivity index (χ1n) is 10.1. The maximum absolute atomic E-state index is 12.0. The van der Waals surface area contributed by atoms with Gasteiger partial charge in [-0.2, -0.15) is 0 Å². The normalized spacial score (nSPS) is 11.1. The molecule has 0 atom stereocenters. The standard InChI is InChI=1S/C23H32N4O/c1-3-4-16-25-22(28)21-14-12-20(13-15-21)18-27-23(24-2)26-17-8-11-19-9-6-5-7-10-19/h5-7,9-10,12-15H,3-4,8,11,16-18H2,1-2H3,(H,25,28)(H2,24,26,27). The summed E-state index contributed by atoms with van der Waals surface area (Å²) in [5, 5.41) is 9.59. The van der Waals surface area contributed by atoms with Crippen molar-refractivity contribution in [2.45, 2.75) is 39.2 Å². The van der Waals surface area contributed by atoms with Crippen molar-refractivity contribution in [2.75, 3.05) is 20.1 Å². The van der Waals surface area contributed by atoms with E-state index in [1.165, 1.54) is 5.56 Å². The first kappa shape index (κ1) is 21.5. The Labute approximate surface area is 168 Å². The minimum Gasteiger partial charge on any atom is -0.356 e. The Hall–Kier alpha value is -2.82. The van der Waals surface area contributed by atoms with E-state index in [1.807, 2.05) is 30.3 Å². The van der Waals surface area contributed by atoms with Crippen molar-refractivity contribution in [2.24, 2.45) is 4.99 Å². The highest BCUT2D eigenvalue weighted by Gasteiger charge is 2.05. The van der Waals surface area contributed by atoms with Gasteiger partial charge in [-0.3, -0.25) is 9.79 Å². The molecule has 3 N–H and O–H groups in total. The van der Waals surface area contributed by atoms with Crippen LogP contribution in [-0.4, -0.2) is 32.0 Å². The smallest absolute Gasteiger partial charge is 0.251 e. The summed E-state index contributed by atoms with van der Waals surface area (Å²) in [6, 6.07) is 18.2. The zero-order valence-corrected chi connectivity index (χ0v) is 17.0. The van der Waals surface area contributed by atoms with Crippen molar-refractivity contribution in [3.05, 3.63) is 71.3 Å². The van der Waals surface area contributed by atoms with Crippen LogP contribution in [0.5, 0.6) is 0 Å². The number of amides is 1. The predicted molar refractivity (Wildman–Crippen MR) is 117 cm³/mol. The highest BCUT2D eigenvalue weighted by atomic mass is 16.1. The lowest BCUT2D eigenvalue weighted by atomic mass is 10.1. The quantitative estimate of drug-likeness (QED) is 0.336. The Morgan fingerprint density at radius 1 is 0.857 bits per heavy atom. The summed E-state index contributed by atoms with van der Waals surface area (Å²) >= 11 is 0. The highest BCUT2D eigenvalue weighted by Crippen LogP contribution is 2.05. The number of nitrogens with zero attached hydrogens (tertiary/aromatic N) is 1. The van der Waals surface area contributed by atoms with Gasteiger partial charge in [-0.1, -0.05) is 55.8 Å². The fraction of sp³-hybridized carbons (Fsp3) is 0.391. The second-order valence-electron chi connectivity index (χ2n) is 6.75. The number of aliphatic imine (C=N–C) groups is 1. The molecule has 0 fully saturated rings. The molecule has 0 bridgehead atoms. The lowest BCUT2D eigenvalue weighted by Crippen LogP contribution is -2.37. The summed E-state index contributed by atoms with van der Waals surface area (Å²) in [6.07, 6.45) is 4.18. The number of aryl methyl sites for hydroxylation is 1. The van der Waals surface area contributed by atoms with Crippen LogP contribution in [0, 0.1) is 0 Å². The van der Waals surface area contributed by atoms with E-state index >= 15 is 0 Å². The molecule has 28 heavy (non-hydrogen) atoms. The van der Waals surface area contributed by atoms with E-state index in [-0.39, 0.29) is 5.91 Å². The van der Waals surface area contributed by atoms with Crippen molar-refractivity contribution in [3.63, 3.8) is 0 Å². The summed E-state index contributed by atoms with van der Waals surface area (Å²) in [7, 11) is 1.77. The average Bonchev–Trinajstić information content (AvgIpc) is 2.74. The number of unbranched alkanes of at least 4 members (excludes halogenated alkanes) is 1. The van der Waals surface area contributed by atoms with Crippen LogP contribution in [-0.2, 0) is 13.0 Å². The molecule has 0 saturated carbocycles. The van der Waals surface area contributed by atoms with E-state index in [0.29, 0.717) is 12.1 Å². The predicted octanol–water partition coefficient (Wildman–Crippen LogP) is 3.51. The number of carbonyl (C=O) groups excluding carboxylic acids is 1. The molecule has 5 nitrogen and oxygen atoms in total. The number of benzene rings is 2. The van der Waals surface area contributed by atoms with Crippen molar-refractivity contribution in [1.29, 1.82) is 0 Å². The first-order valence-corrected chi connectivity index (χ1v) is 10.1. The van der Waals surface area contributed by atoms with Crippen LogP contribution in [0.4, 0.5) is 0 Å². The summed E-state index contributed by atoms with van der Waals surface area (Å²) < 4.78 is 0. The molecule has 2 rings (SSSR count). The number of hydrogen-bond acceptors (Lipinski definition) is 2. The van der Waals surface area contributed by atoms with Crippen molar-refractivity contribution >= 4 is 11.9 Å². The zero-order chi connectivity index (χ0) is 20.0. The molecule has 2 aromatic rings. The fourth-order valence-corrected chi connectivity index (χ4v) is 2.81. The molecule has 0 unspecified atom stereocenters. The Morgan fingerprint density at radius 2 is 1.57 bits per heavy atom. The SMILES string of the molecule is CCCCNC(=O)c1ccc(CNC(=NC)NCCCc2ccccc2)cc1. The fourth-order valence-electron chi connectivity index (χ4n) is 2.81. The van der Waals surface area contributed by atoms with Gasteiger partial charge >= 0.3 is 0 Å². The minimum absolute atomic E-state index is 0.0103. The van der Waals surface area contributed by atoms with Gasteiger partial charge in [0.1, 0.15) is 0 Å². The van der Waals surface area contributed by atoms with Gasteiger partial charge < -0.3 is 16.0 Å². The number of guanidine groups is 1. The van der Waals surface area contributed by atoms with Gasteiger partial charge in [0.2, 0.25) is 0 Å². The van der Waals surface area contributed by atoms with Crippen LogP contribution in [0.3, 0.4) is 0 Å². The van der Waals surface area contributed by atoms with Crippen LogP contribution in [0.15, 0.2) is 59.6 Å². The molecule has 5 heteroatoms. The molecule has 0 saturated heterocycles.